The molecule has 1 aromatic rings. The van der Waals surface area contributed by atoms with Crippen LogP contribution in [-0.2, 0) is 0 Å². The van der Waals surface area contributed by atoms with Crippen molar-refractivity contribution in [1.82, 2.24) is 5.01 Å². The van der Waals surface area contributed by atoms with Gasteiger partial charge in [-0.25, -0.2) is 0 Å². The second kappa shape index (κ2) is 6.02. The molecular formula is C14H18Cl2N2O. The lowest BCUT2D eigenvalue weighted by Crippen LogP contribution is -2.39. The van der Waals surface area contributed by atoms with E-state index in [1.807, 2.05) is 0 Å². The fourth-order valence-corrected chi connectivity index (χ4v) is 2.96. The normalized spacial score (nSPS) is 24.1. The van der Waals surface area contributed by atoms with Crippen LogP contribution >= 0.6 is 23.2 Å². The first-order valence-corrected chi connectivity index (χ1v) is 7.25. The summed E-state index contributed by atoms with van der Waals surface area (Å²) in [5.74, 6) is 0.0205. The van der Waals surface area contributed by atoms with Gasteiger partial charge < -0.3 is 5.11 Å². The van der Waals surface area contributed by atoms with Crippen molar-refractivity contribution in [3.63, 3.8) is 0 Å². The third-order valence-electron chi connectivity index (χ3n) is 3.53. The van der Waals surface area contributed by atoms with E-state index in [0.29, 0.717) is 22.7 Å². The maximum Gasteiger partial charge on any atom is 0.143 e. The maximum atomic E-state index is 9.88. The molecule has 2 rings (SSSR count). The Bertz CT molecular complexity index is 481. The Morgan fingerprint density at radius 1 is 1.26 bits per heavy atom. The molecule has 104 valence electrons. The Hall–Kier alpha value is -0.930. The molecule has 1 N–H and O–H groups in total. The Kier molecular flexibility index (Phi) is 4.58. The van der Waals surface area contributed by atoms with Crippen LogP contribution in [0, 0.1) is 0 Å². The molecule has 1 aliphatic heterocycles. The minimum absolute atomic E-state index is 0.0205. The lowest BCUT2D eigenvalue weighted by Gasteiger charge is -2.36. The quantitative estimate of drug-likeness (QED) is 0.827. The Morgan fingerprint density at radius 2 is 1.89 bits per heavy atom. The molecule has 1 saturated heterocycles. The summed E-state index contributed by atoms with van der Waals surface area (Å²) in [5.41, 5.74) is 0.544. The second-order valence-electron chi connectivity index (χ2n) is 5.08. The summed E-state index contributed by atoms with van der Waals surface area (Å²) in [4.78, 5) is 0. The molecule has 0 radical (unpaired) electrons. The van der Waals surface area contributed by atoms with Gasteiger partial charge in [0.15, 0.2) is 0 Å². The monoisotopic (exact) mass is 300 g/mol. The van der Waals surface area contributed by atoms with Gasteiger partial charge in [-0.1, -0.05) is 23.2 Å². The van der Waals surface area contributed by atoms with E-state index in [2.05, 4.69) is 24.0 Å². The van der Waals surface area contributed by atoms with E-state index in [0.717, 1.165) is 12.8 Å². The van der Waals surface area contributed by atoms with Crippen LogP contribution in [0.15, 0.2) is 17.2 Å². The van der Waals surface area contributed by atoms with Gasteiger partial charge in [-0.3, -0.25) is 5.01 Å². The van der Waals surface area contributed by atoms with Crippen LogP contribution in [0.3, 0.4) is 0 Å². The SMILES string of the molecule is C[C@@H]1CCC[C@H](C)N1/N=C/c1cc(Cl)cc(Cl)c1O. The lowest BCUT2D eigenvalue weighted by molar-refractivity contribution is 0.109. The van der Waals surface area contributed by atoms with Gasteiger partial charge in [0.1, 0.15) is 5.75 Å². The Labute approximate surface area is 123 Å². The summed E-state index contributed by atoms with van der Waals surface area (Å²) in [6.07, 6.45) is 5.15. The third-order valence-corrected chi connectivity index (χ3v) is 4.04. The number of phenolic OH excluding ortho intramolecular Hbond substituents is 1. The predicted octanol–water partition coefficient (Wildman–Crippen LogP) is 4.30. The van der Waals surface area contributed by atoms with Gasteiger partial charge in [0, 0.05) is 22.7 Å². The van der Waals surface area contributed by atoms with Crippen molar-refractivity contribution in [3.8, 4) is 5.75 Å². The highest BCUT2D eigenvalue weighted by atomic mass is 35.5. The molecule has 0 saturated carbocycles. The molecule has 19 heavy (non-hydrogen) atoms. The summed E-state index contributed by atoms with van der Waals surface area (Å²) in [6, 6.07) is 4.00. The van der Waals surface area contributed by atoms with E-state index in [1.54, 1.807) is 12.3 Å². The van der Waals surface area contributed by atoms with E-state index in [4.69, 9.17) is 23.2 Å². The first-order valence-electron chi connectivity index (χ1n) is 6.49. The molecule has 0 unspecified atom stereocenters. The van der Waals surface area contributed by atoms with Crippen LogP contribution in [0.25, 0.3) is 0 Å². The van der Waals surface area contributed by atoms with Gasteiger partial charge in [0.25, 0.3) is 0 Å². The fraction of sp³-hybridized carbons (Fsp3) is 0.500. The molecule has 0 amide bonds. The van der Waals surface area contributed by atoms with Crippen molar-refractivity contribution < 1.29 is 5.11 Å². The highest BCUT2D eigenvalue weighted by Crippen LogP contribution is 2.30. The molecule has 1 heterocycles. The fourth-order valence-electron chi connectivity index (χ4n) is 2.45. The first-order chi connectivity index (χ1) is 8.99. The zero-order chi connectivity index (χ0) is 14.0. The van der Waals surface area contributed by atoms with Gasteiger partial charge in [-0.2, -0.15) is 5.10 Å². The number of piperidine rings is 1. The number of rotatable bonds is 2. The van der Waals surface area contributed by atoms with Crippen molar-refractivity contribution in [1.29, 1.82) is 0 Å². The summed E-state index contributed by atoms with van der Waals surface area (Å²) in [6.45, 7) is 4.33. The number of benzene rings is 1. The van der Waals surface area contributed by atoms with E-state index in [-0.39, 0.29) is 10.8 Å². The zero-order valence-electron chi connectivity index (χ0n) is 11.1. The van der Waals surface area contributed by atoms with Gasteiger partial charge in [0.05, 0.1) is 11.2 Å². The predicted molar refractivity (Wildman–Crippen MR) is 80.3 cm³/mol. The standard InChI is InChI=1S/C14H18Cl2N2O/c1-9-4-3-5-10(2)18(9)17-8-11-6-12(15)7-13(16)14(11)19/h6-10,19H,3-5H2,1-2H3/b17-8+/t9-,10+. The van der Waals surface area contributed by atoms with Crippen LogP contribution in [-0.4, -0.2) is 28.4 Å². The number of nitrogens with zero attached hydrogens (tertiary/aromatic N) is 2. The van der Waals surface area contributed by atoms with Gasteiger partial charge >= 0.3 is 0 Å². The minimum atomic E-state index is 0.0205. The summed E-state index contributed by atoms with van der Waals surface area (Å²) in [7, 11) is 0. The topological polar surface area (TPSA) is 35.8 Å². The highest BCUT2D eigenvalue weighted by Gasteiger charge is 2.22. The maximum absolute atomic E-state index is 9.88. The molecule has 1 aliphatic rings. The lowest BCUT2D eigenvalue weighted by atomic mass is 10.00. The second-order valence-corrected chi connectivity index (χ2v) is 5.92. The smallest absolute Gasteiger partial charge is 0.143 e. The molecule has 5 heteroatoms. The van der Waals surface area contributed by atoms with Crippen LogP contribution < -0.4 is 0 Å². The Balaban J connectivity index is 2.22. The Morgan fingerprint density at radius 3 is 2.53 bits per heavy atom. The number of halogens is 2. The van der Waals surface area contributed by atoms with Crippen molar-refractivity contribution in [3.05, 3.63) is 27.7 Å². The van der Waals surface area contributed by atoms with Crippen molar-refractivity contribution in [2.45, 2.75) is 45.2 Å². The van der Waals surface area contributed by atoms with Gasteiger partial charge in [0.2, 0.25) is 0 Å². The van der Waals surface area contributed by atoms with Crippen molar-refractivity contribution in [2.24, 2.45) is 5.10 Å². The van der Waals surface area contributed by atoms with Gasteiger partial charge in [-0.05, 0) is 45.2 Å². The summed E-state index contributed by atoms with van der Waals surface area (Å²) >= 11 is 11.8. The minimum Gasteiger partial charge on any atom is -0.506 e. The molecule has 2 atom stereocenters. The van der Waals surface area contributed by atoms with E-state index >= 15 is 0 Å². The van der Waals surface area contributed by atoms with Crippen LogP contribution in [0.1, 0.15) is 38.7 Å². The third kappa shape index (κ3) is 3.34. The number of hydrogen-bond donors (Lipinski definition) is 1. The van der Waals surface area contributed by atoms with Crippen molar-refractivity contribution in [2.75, 3.05) is 0 Å². The molecule has 0 aliphatic carbocycles. The largest absolute Gasteiger partial charge is 0.506 e. The molecular weight excluding hydrogens is 283 g/mol. The number of aromatic hydroxyl groups is 1. The van der Waals surface area contributed by atoms with Crippen LogP contribution in [0.2, 0.25) is 10.0 Å². The molecule has 0 aromatic heterocycles. The van der Waals surface area contributed by atoms with E-state index in [9.17, 15) is 5.11 Å². The van der Waals surface area contributed by atoms with Crippen LogP contribution in [0.5, 0.6) is 5.75 Å². The average Bonchev–Trinajstić information content (AvgIpc) is 2.34. The number of hydrogen-bond acceptors (Lipinski definition) is 3. The zero-order valence-corrected chi connectivity index (χ0v) is 12.6. The highest BCUT2D eigenvalue weighted by molar-refractivity contribution is 6.36. The van der Waals surface area contributed by atoms with Crippen LogP contribution in [0.4, 0.5) is 0 Å². The summed E-state index contributed by atoms with van der Waals surface area (Å²) < 4.78 is 0. The van der Waals surface area contributed by atoms with Gasteiger partial charge in [-0.15, -0.1) is 0 Å². The average molecular weight is 301 g/mol. The molecule has 1 aromatic carbocycles. The molecule has 3 nitrogen and oxygen atoms in total. The molecule has 0 spiro atoms. The van der Waals surface area contributed by atoms with E-state index < -0.39 is 0 Å². The molecule has 1 fully saturated rings. The number of phenols is 1. The molecule has 0 bridgehead atoms. The number of hydrazone groups is 1. The first kappa shape index (κ1) is 14.5. The van der Waals surface area contributed by atoms with Crippen molar-refractivity contribution >= 4 is 29.4 Å². The summed E-state index contributed by atoms with van der Waals surface area (Å²) in [5, 5.41) is 17.2. The van der Waals surface area contributed by atoms with E-state index in [1.165, 1.54) is 12.5 Å².